The lowest BCUT2D eigenvalue weighted by atomic mass is 9.59. The van der Waals surface area contributed by atoms with Gasteiger partial charge in [-0.25, -0.2) is 27.5 Å². The van der Waals surface area contributed by atoms with E-state index >= 15 is 4.39 Å². The molecule has 1 spiro atoms. The molecule has 450 valence electrons. The Morgan fingerprint density at radius 2 is 1.78 bits per heavy atom. The number of hydrogen-bond donors (Lipinski definition) is 5. The number of nitrogens with one attached hydrogen (secondary N) is 4. The van der Waals surface area contributed by atoms with E-state index in [1.807, 2.05) is 19.9 Å². The molecule has 18 nitrogen and oxygen atoms in total. The third-order valence-electron chi connectivity index (χ3n) is 18.7. The highest BCUT2D eigenvalue weighted by Crippen LogP contribution is 2.54. The van der Waals surface area contributed by atoms with Crippen molar-refractivity contribution in [3.8, 4) is 23.1 Å². The quantitative estimate of drug-likeness (QED) is 0.0505. The highest BCUT2D eigenvalue weighted by Gasteiger charge is 2.50. The average molecular weight is 1180 g/mol. The van der Waals surface area contributed by atoms with Crippen molar-refractivity contribution < 1.29 is 46.4 Å². The minimum absolute atomic E-state index is 0.0144. The number of amides is 1. The summed E-state index contributed by atoms with van der Waals surface area (Å²) in [4.78, 5) is 34.0. The number of aryl methyl sites for hydroxylation is 1. The maximum Gasteiger partial charge on any atom is 0.268 e. The van der Waals surface area contributed by atoms with Gasteiger partial charge in [-0.05, 0) is 142 Å². The maximum absolute atomic E-state index is 15.2. The molecule has 5 N–H and O–H groups in total. The second-order valence-corrected chi connectivity index (χ2v) is 26.5. The number of H-pyrrole nitrogens is 1. The van der Waals surface area contributed by atoms with Gasteiger partial charge in [0.2, 0.25) is 0 Å². The number of pyridine rings is 1. The molecule has 12 rings (SSSR count). The predicted molar refractivity (Wildman–Crippen MR) is 326 cm³/mol. The van der Waals surface area contributed by atoms with Crippen molar-refractivity contribution >= 4 is 60.8 Å². The standard InChI is InChI=1S/C65H78FN9O9S/c1-8-82-63-56(31-49-50(66)16-17-51(49)70-63)84-55-30-43(14-15-47(55)62(76)71-85(79,80)57-32-52(72(6)78)58(60-59(57)68-38-69-60)67-35-41-19-21-64(5,77)22-20-41)74-25-23-65(24-26-74)33-44(34-65)75-28-27-73(37-53(75)46-12-10-9-11-45(46)39(2)3)36-42-13-18-54(81-7)61-48(42)29-40(4)83-61/h9-16,18,29-32,38-39,41,44,53,67,72,77H,8,17,19-28,33-37H2,1-7H3,(H,68,69)(H,71,76)/t41-,53-,64-/m0/s1. The van der Waals surface area contributed by atoms with Crippen LogP contribution in [0.1, 0.15) is 135 Å². The van der Waals surface area contributed by atoms with Gasteiger partial charge in [0.25, 0.3) is 21.8 Å². The minimum atomic E-state index is -4.71. The Kier molecular flexibility index (Phi) is 16.0. The fraction of sp³-hybridized carbons (Fsp3) is 0.462. The monoisotopic (exact) mass is 1180 g/mol. The van der Waals surface area contributed by atoms with Gasteiger partial charge in [0.1, 0.15) is 33.4 Å². The summed E-state index contributed by atoms with van der Waals surface area (Å²) < 4.78 is 70.9. The van der Waals surface area contributed by atoms with Crippen LogP contribution in [0.2, 0.25) is 0 Å². The van der Waals surface area contributed by atoms with Crippen molar-refractivity contribution in [2.45, 2.75) is 127 Å². The number of furan rings is 1. The van der Waals surface area contributed by atoms with Crippen LogP contribution >= 0.6 is 0 Å². The lowest BCUT2D eigenvalue weighted by Gasteiger charge is -2.58. The van der Waals surface area contributed by atoms with E-state index in [2.05, 4.69) is 89.9 Å². The first kappa shape index (κ1) is 58.3. The molecule has 4 aromatic carbocycles. The molecule has 5 aliphatic rings. The van der Waals surface area contributed by atoms with Crippen molar-refractivity contribution in [2.24, 2.45) is 11.3 Å². The first-order valence-electron chi connectivity index (χ1n) is 30.1. The highest BCUT2D eigenvalue weighted by atomic mass is 32.2. The molecule has 85 heavy (non-hydrogen) atoms. The molecule has 1 unspecified atom stereocenters. The number of fused-ring (bicyclic) bond motifs is 3. The van der Waals surface area contributed by atoms with E-state index in [0.717, 1.165) is 106 Å². The second kappa shape index (κ2) is 23.3. The smallest absolute Gasteiger partial charge is 0.268 e. The molecule has 7 aromatic rings. The van der Waals surface area contributed by atoms with Crippen LogP contribution in [0.15, 0.2) is 94.5 Å². The molecule has 5 heterocycles. The molecule has 2 saturated carbocycles. The predicted octanol–water partition coefficient (Wildman–Crippen LogP) is 10.6. The molecule has 3 aromatic heterocycles. The summed E-state index contributed by atoms with van der Waals surface area (Å²) in [5.41, 5.74) is 6.51. The Morgan fingerprint density at radius 1 is 1.00 bits per heavy atom. The number of halogens is 1. The van der Waals surface area contributed by atoms with E-state index in [4.69, 9.17) is 18.6 Å². The summed E-state index contributed by atoms with van der Waals surface area (Å²) in [6, 6.07) is 23.8. The van der Waals surface area contributed by atoms with Gasteiger partial charge >= 0.3 is 0 Å². The molecule has 2 aliphatic heterocycles. The topological polar surface area (TPSA) is 215 Å². The number of piperazine rings is 1. The first-order chi connectivity index (χ1) is 40.8. The van der Waals surface area contributed by atoms with Crippen LogP contribution in [0.3, 0.4) is 0 Å². The van der Waals surface area contributed by atoms with Crippen molar-refractivity contribution in [2.75, 3.05) is 70.2 Å². The zero-order valence-corrected chi connectivity index (χ0v) is 50.5. The van der Waals surface area contributed by atoms with Gasteiger partial charge in [0.15, 0.2) is 22.8 Å². The van der Waals surface area contributed by atoms with Gasteiger partial charge in [-0.15, -0.1) is 0 Å². The molecular formula is C65H78FN9O9S. The number of aliphatic hydroxyl groups is 1. The Labute approximate surface area is 496 Å². The maximum atomic E-state index is 15.2. The van der Waals surface area contributed by atoms with Gasteiger partial charge in [-0.1, -0.05) is 44.2 Å². The van der Waals surface area contributed by atoms with E-state index in [1.165, 1.54) is 48.3 Å². The van der Waals surface area contributed by atoms with E-state index in [-0.39, 0.29) is 80.1 Å². The fourth-order valence-electron chi connectivity index (χ4n) is 14.0. The Balaban J connectivity index is 0.784. The summed E-state index contributed by atoms with van der Waals surface area (Å²) in [6.45, 7) is 16.0. The number of aromatic amines is 1. The number of benzene rings is 4. The minimum Gasteiger partial charge on any atom is -0.629 e. The average Bonchev–Trinajstić information content (AvgIpc) is 3.11. The van der Waals surface area contributed by atoms with Crippen LogP contribution in [0.5, 0.6) is 23.1 Å². The summed E-state index contributed by atoms with van der Waals surface area (Å²) in [5, 5.41) is 27.9. The normalized spacial score (nSPS) is 21.5. The molecule has 1 amide bonds. The van der Waals surface area contributed by atoms with E-state index in [0.29, 0.717) is 48.2 Å². The zero-order valence-electron chi connectivity index (χ0n) is 49.6. The van der Waals surface area contributed by atoms with Crippen molar-refractivity contribution in [3.63, 3.8) is 0 Å². The van der Waals surface area contributed by atoms with Gasteiger partial charge < -0.3 is 49.2 Å². The van der Waals surface area contributed by atoms with Gasteiger partial charge in [-0.2, -0.15) is 0 Å². The fourth-order valence-corrected chi connectivity index (χ4v) is 15.1. The van der Waals surface area contributed by atoms with Crippen LogP contribution in [0, 0.1) is 23.5 Å². The number of allylic oxidation sites excluding steroid dienone is 1. The summed E-state index contributed by atoms with van der Waals surface area (Å²) in [5.74, 6) is 0.932. The van der Waals surface area contributed by atoms with Crippen molar-refractivity contribution in [1.82, 2.24) is 29.5 Å². The summed E-state index contributed by atoms with van der Waals surface area (Å²) in [7, 11) is -1.67. The van der Waals surface area contributed by atoms with E-state index in [9.17, 15) is 23.5 Å². The van der Waals surface area contributed by atoms with Crippen molar-refractivity contribution in [1.29, 1.82) is 0 Å². The van der Waals surface area contributed by atoms with Crippen LogP contribution in [0.4, 0.5) is 21.5 Å². The summed E-state index contributed by atoms with van der Waals surface area (Å²) >= 11 is 0. The molecule has 0 bridgehead atoms. The lowest BCUT2D eigenvalue weighted by Crippen LogP contribution is -2.98. The SMILES string of the molecule is CCOc1nc2c(cc1Oc1cc(N3CCC4(CC3)CC(N3CCN(Cc5ccc(OC)c6oc(C)cc56)C[C@H]3c3ccccc3C(C)C)C4)ccc1C(=O)NS(=O)(=O)c1cc([NH+](C)[O-])c(NC[C@H]3CC[C@](C)(O)CC3)c3[nH]cnc13)C(F)=CC2. The molecule has 2 saturated heterocycles. The van der Waals surface area contributed by atoms with E-state index < -0.39 is 27.4 Å². The lowest BCUT2D eigenvalue weighted by molar-refractivity contribution is -0.750. The zero-order chi connectivity index (χ0) is 59.5. The number of hydroxylamine groups is 1. The number of piperidine rings is 1. The number of quaternary nitrogens is 1. The number of hydrogen-bond acceptors (Lipinski definition) is 15. The molecule has 20 heteroatoms. The number of carbonyl (C=O) groups is 1. The number of ether oxygens (including phenoxy) is 3. The number of anilines is 2. The third-order valence-corrected chi connectivity index (χ3v) is 20.1. The van der Waals surface area contributed by atoms with Crippen LogP contribution in [-0.2, 0) is 23.0 Å². The number of sulfonamides is 1. The second-order valence-electron chi connectivity index (χ2n) is 24.8. The molecular weight excluding hydrogens is 1100 g/mol. The Morgan fingerprint density at radius 3 is 2.52 bits per heavy atom. The van der Waals surface area contributed by atoms with Crippen molar-refractivity contribution in [3.05, 3.63) is 130 Å². The number of imidazole rings is 1. The van der Waals surface area contributed by atoms with Gasteiger partial charge in [0, 0.05) is 93.1 Å². The largest absolute Gasteiger partial charge is 0.629 e. The number of rotatable bonds is 18. The van der Waals surface area contributed by atoms with Gasteiger partial charge in [0.05, 0.1) is 49.5 Å². The Hall–Kier alpha value is -7.07. The highest BCUT2D eigenvalue weighted by molar-refractivity contribution is 7.90. The number of carbonyl (C=O) groups excluding carboxylic acids is 1. The van der Waals surface area contributed by atoms with Crippen LogP contribution < -0.4 is 34.2 Å². The van der Waals surface area contributed by atoms with Crippen LogP contribution in [-0.4, -0.2) is 116 Å². The molecule has 3 aliphatic carbocycles. The van der Waals surface area contributed by atoms with Gasteiger partial charge in [-0.3, -0.25) is 14.6 Å². The molecule has 4 fully saturated rings. The number of nitrogens with zero attached hydrogens (tertiary/aromatic N) is 5. The number of methoxy groups -OCH3 is 1. The molecule has 0 radical (unpaired) electrons. The summed E-state index contributed by atoms with van der Waals surface area (Å²) in [6.07, 6.45) is 10.0. The van der Waals surface area contributed by atoms with Crippen LogP contribution in [0.25, 0.3) is 27.8 Å². The molecule has 2 atom stereocenters. The Bertz CT molecular complexity index is 3800. The first-order valence-corrected chi connectivity index (χ1v) is 31.5. The number of aromatic nitrogens is 3. The third kappa shape index (κ3) is 11.6. The van der Waals surface area contributed by atoms with E-state index in [1.54, 1.807) is 32.2 Å².